The predicted octanol–water partition coefficient (Wildman–Crippen LogP) is 0.904. The molecule has 1 heterocycles. The van der Waals surface area contributed by atoms with E-state index in [1.165, 1.54) is 6.07 Å². The van der Waals surface area contributed by atoms with Crippen LogP contribution >= 0.6 is 0 Å². The zero-order valence-corrected chi connectivity index (χ0v) is 7.75. The van der Waals surface area contributed by atoms with Gasteiger partial charge in [-0.1, -0.05) is 12.1 Å². The standard InChI is InChI=1S/C9H9NO5/c11-8-3-1-2-6-4-7(15-10(12)13)5-14-9(6)8/h1-3,7,11H,4-5H2/t7-/m0/s1. The molecule has 1 aromatic rings. The average Bonchev–Trinajstić information content (AvgIpc) is 2.17. The van der Waals surface area contributed by atoms with E-state index in [-0.39, 0.29) is 12.4 Å². The van der Waals surface area contributed by atoms with E-state index in [0.717, 1.165) is 0 Å². The SMILES string of the molecule is O=[N+]([O-])O[C@@H]1COc2c(O)cccc2C1. The highest BCUT2D eigenvalue weighted by molar-refractivity contribution is 5.46. The first-order valence-electron chi connectivity index (χ1n) is 4.41. The summed E-state index contributed by atoms with van der Waals surface area (Å²) in [5.41, 5.74) is 0.716. The maximum absolute atomic E-state index is 10.1. The van der Waals surface area contributed by atoms with Crippen molar-refractivity contribution in [3.05, 3.63) is 33.9 Å². The van der Waals surface area contributed by atoms with Crippen LogP contribution in [0.1, 0.15) is 5.56 Å². The summed E-state index contributed by atoms with van der Waals surface area (Å²) in [6.07, 6.45) is -0.237. The molecule has 0 aromatic heterocycles. The van der Waals surface area contributed by atoms with Crippen LogP contribution in [-0.4, -0.2) is 22.9 Å². The van der Waals surface area contributed by atoms with Crippen LogP contribution in [-0.2, 0) is 11.3 Å². The van der Waals surface area contributed by atoms with Gasteiger partial charge in [0.25, 0.3) is 5.09 Å². The zero-order valence-electron chi connectivity index (χ0n) is 7.75. The summed E-state index contributed by atoms with van der Waals surface area (Å²) in [7, 11) is 0. The van der Waals surface area contributed by atoms with Crippen molar-refractivity contribution in [3.63, 3.8) is 0 Å². The normalized spacial score (nSPS) is 18.8. The Bertz CT molecular complexity index is 392. The summed E-state index contributed by atoms with van der Waals surface area (Å²) >= 11 is 0. The first kappa shape index (κ1) is 9.57. The number of ether oxygens (including phenoxy) is 1. The minimum absolute atomic E-state index is 0.0482. The molecule has 0 amide bonds. The van der Waals surface area contributed by atoms with Crippen LogP contribution in [0.2, 0.25) is 0 Å². The fourth-order valence-corrected chi connectivity index (χ4v) is 1.57. The van der Waals surface area contributed by atoms with Crippen molar-refractivity contribution in [3.8, 4) is 11.5 Å². The van der Waals surface area contributed by atoms with E-state index in [1.54, 1.807) is 12.1 Å². The van der Waals surface area contributed by atoms with Gasteiger partial charge in [-0.2, -0.15) is 0 Å². The minimum Gasteiger partial charge on any atom is -0.504 e. The van der Waals surface area contributed by atoms with Gasteiger partial charge < -0.3 is 14.7 Å². The molecule has 80 valence electrons. The maximum Gasteiger partial charge on any atom is 0.294 e. The number of benzene rings is 1. The van der Waals surface area contributed by atoms with Crippen molar-refractivity contribution in [2.75, 3.05) is 6.61 Å². The largest absolute Gasteiger partial charge is 0.504 e. The van der Waals surface area contributed by atoms with Crippen LogP contribution < -0.4 is 4.74 Å². The molecule has 1 aromatic carbocycles. The minimum atomic E-state index is -0.832. The summed E-state index contributed by atoms with van der Waals surface area (Å²) in [6.45, 7) is 0.0750. The van der Waals surface area contributed by atoms with E-state index < -0.39 is 11.2 Å². The topological polar surface area (TPSA) is 81.8 Å². The number of rotatable bonds is 2. The summed E-state index contributed by atoms with van der Waals surface area (Å²) in [4.78, 5) is 14.5. The summed E-state index contributed by atoms with van der Waals surface area (Å²) in [5.74, 6) is 0.438. The van der Waals surface area contributed by atoms with Gasteiger partial charge in [0.2, 0.25) is 0 Å². The number of para-hydroxylation sites is 1. The van der Waals surface area contributed by atoms with Gasteiger partial charge in [0.1, 0.15) is 12.7 Å². The first-order valence-corrected chi connectivity index (χ1v) is 4.41. The molecule has 1 atom stereocenters. The van der Waals surface area contributed by atoms with Crippen LogP contribution in [0.15, 0.2) is 18.2 Å². The fourth-order valence-electron chi connectivity index (χ4n) is 1.57. The van der Waals surface area contributed by atoms with Crippen LogP contribution in [0.4, 0.5) is 0 Å². The van der Waals surface area contributed by atoms with Gasteiger partial charge in [0, 0.05) is 12.0 Å². The van der Waals surface area contributed by atoms with Crippen molar-refractivity contribution in [2.24, 2.45) is 0 Å². The number of hydrogen-bond donors (Lipinski definition) is 1. The van der Waals surface area contributed by atoms with E-state index in [4.69, 9.17) is 4.74 Å². The Labute approximate surface area is 85.1 Å². The van der Waals surface area contributed by atoms with Crippen molar-refractivity contribution in [1.29, 1.82) is 0 Å². The molecule has 0 radical (unpaired) electrons. The monoisotopic (exact) mass is 211 g/mol. The van der Waals surface area contributed by atoms with Gasteiger partial charge in [0.05, 0.1) is 0 Å². The number of phenolic OH excluding ortho intramolecular Hbond substituents is 1. The molecule has 0 bridgehead atoms. The quantitative estimate of drug-likeness (QED) is 0.580. The Morgan fingerprint density at radius 3 is 3.13 bits per heavy atom. The smallest absolute Gasteiger partial charge is 0.294 e. The van der Waals surface area contributed by atoms with E-state index in [9.17, 15) is 15.2 Å². The first-order chi connectivity index (χ1) is 7.16. The molecule has 6 heteroatoms. The van der Waals surface area contributed by atoms with Crippen molar-refractivity contribution >= 4 is 0 Å². The van der Waals surface area contributed by atoms with Crippen molar-refractivity contribution < 1.29 is 19.8 Å². The highest BCUT2D eigenvalue weighted by Crippen LogP contribution is 2.34. The lowest BCUT2D eigenvalue weighted by molar-refractivity contribution is -0.769. The number of hydrogen-bond acceptors (Lipinski definition) is 5. The molecule has 1 N–H and O–H groups in total. The van der Waals surface area contributed by atoms with Gasteiger partial charge in [-0.15, -0.1) is 10.1 Å². The van der Waals surface area contributed by atoms with Crippen LogP contribution in [0, 0.1) is 10.1 Å². The Hall–Kier alpha value is -1.98. The van der Waals surface area contributed by atoms with Crippen LogP contribution in [0.25, 0.3) is 0 Å². The second kappa shape index (κ2) is 3.64. The Kier molecular flexibility index (Phi) is 2.32. The number of nitrogens with zero attached hydrogens (tertiary/aromatic N) is 1. The molecule has 0 saturated carbocycles. The van der Waals surface area contributed by atoms with Gasteiger partial charge in [-0.05, 0) is 6.07 Å². The molecule has 1 aliphatic rings. The molecule has 2 rings (SSSR count). The lowest BCUT2D eigenvalue weighted by Gasteiger charge is -2.23. The molecule has 0 aliphatic carbocycles. The molecular formula is C9H9NO5. The molecule has 15 heavy (non-hydrogen) atoms. The van der Waals surface area contributed by atoms with Crippen LogP contribution in [0.3, 0.4) is 0 Å². The highest BCUT2D eigenvalue weighted by Gasteiger charge is 2.24. The zero-order chi connectivity index (χ0) is 10.8. The molecule has 0 saturated heterocycles. The van der Waals surface area contributed by atoms with Crippen LogP contribution in [0.5, 0.6) is 11.5 Å². The molecule has 1 aliphatic heterocycles. The molecular weight excluding hydrogens is 202 g/mol. The molecule has 0 spiro atoms. The number of aromatic hydroxyl groups is 1. The molecule has 0 unspecified atom stereocenters. The summed E-state index contributed by atoms with van der Waals surface area (Å²) in [5, 5.41) is 18.7. The summed E-state index contributed by atoms with van der Waals surface area (Å²) < 4.78 is 5.19. The lowest BCUT2D eigenvalue weighted by Crippen LogP contribution is -2.30. The molecule has 6 nitrogen and oxygen atoms in total. The number of fused-ring (bicyclic) bond motifs is 1. The third-order valence-electron chi connectivity index (χ3n) is 2.17. The predicted molar refractivity (Wildman–Crippen MR) is 49.2 cm³/mol. The van der Waals surface area contributed by atoms with E-state index in [0.29, 0.717) is 17.7 Å². The van der Waals surface area contributed by atoms with E-state index in [2.05, 4.69) is 4.84 Å². The maximum atomic E-state index is 10.1. The Morgan fingerprint density at radius 1 is 1.60 bits per heavy atom. The van der Waals surface area contributed by atoms with Crippen molar-refractivity contribution in [1.82, 2.24) is 0 Å². The van der Waals surface area contributed by atoms with Crippen molar-refractivity contribution in [2.45, 2.75) is 12.5 Å². The lowest BCUT2D eigenvalue weighted by atomic mass is 10.0. The second-order valence-corrected chi connectivity index (χ2v) is 3.23. The third-order valence-corrected chi connectivity index (χ3v) is 2.17. The highest BCUT2D eigenvalue weighted by atomic mass is 17.0. The fraction of sp³-hybridized carbons (Fsp3) is 0.333. The van der Waals surface area contributed by atoms with Gasteiger partial charge in [-0.3, -0.25) is 0 Å². The number of phenols is 1. The summed E-state index contributed by atoms with van der Waals surface area (Å²) in [6, 6.07) is 4.91. The van der Waals surface area contributed by atoms with Gasteiger partial charge in [-0.25, -0.2) is 0 Å². The van der Waals surface area contributed by atoms with E-state index in [1.807, 2.05) is 0 Å². The molecule has 0 fully saturated rings. The Balaban J connectivity index is 2.17. The van der Waals surface area contributed by atoms with E-state index >= 15 is 0 Å². The average molecular weight is 211 g/mol. The van der Waals surface area contributed by atoms with Gasteiger partial charge in [0.15, 0.2) is 11.5 Å². The second-order valence-electron chi connectivity index (χ2n) is 3.23. The van der Waals surface area contributed by atoms with Gasteiger partial charge >= 0.3 is 0 Å². The third kappa shape index (κ3) is 1.93. The Morgan fingerprint density at radius 2 is 2.40 bits per heavy atom.